The van der Waals surface area contributed by atoms with Crippen LogP contribution >= 0.6 is 0 Å². The largest absolute Gasteiger partial charge is 0.497 e. The Balaban J connectivity index is 2.18. The van der Waals surface area contributed by atoms with Crippen molar-refractivity contribution in [1.82, 2.24) is 9.47 Å². The molecular formula is C16H20N2O3. The molecule has 21 heavy (non-hydrogen) atoms. The number of aromatic nitrogens is 1. The van der Waals surface area contributed by atoms with E-state index in [4.69, 9.17) is 9.47 Å². The average Bonchev–Trinajstić information content (AvgIpc) is 2.92. The van der Waals surface area contributed by atoms with Gasteiger partial charge in [-0.2, -0.15) is 0 Å². The van der Waals surface area contributed by atoms with Crippen molar-refractivity contribution in [1.29, 1.82) is 0 Å². The van der Waals surface area contributed by atoms with E-state index in [0.29, 0.717) is 18.0 Å². The molecule has 2 rings (SSSR count). The van der Waals surface area contributed by atoms with E-state index in [-0.39, 0.29) is 5.91 Å². The molecule has 0 aliphatic heterocycles. The van der Waals surface area contributed by atoms with Gasteiger partial charge in [-0.3, -0.25) is 4.79 Å². The van der Waals surface area contributed by atoms with Crippen molar-refractivity contribution >= 4 is 5.91 Å². The second kappa shape index (κ2) is 6.35. The van der Waals surface area contributed by atoms with Crippen molar-refractivity contribution in [3.05, 3.63) is 47.8 Å². The Labute approximate surface area is 124 Å². The normalized spacial score (nSPS) is 10.3. The summed E-state index contributed by atoms with van der Waals surface area (Å²) in [7, 11) is 6.85. The summed E-state index contributed by atoms with van der Waals surface area (Å²) in [6, 6.07) is 9.25. The first kappa shape index (κ1) is 15.0. The van der Waals surface area contributed by atoms with Crippen LogP contribution in [0.4, 0.5) is 0 Å². The molecule has 0 unspecified atom stereocenters. The number of nitrogens with zero attached hydrogens (tertiary/aromatic N) is 2. The third-order valence-corrected chi connectivity index (χ3v) is 3.41. The standard InChI is InChI=1S/C16H20N2O3/c1-17-9-5-6-14(17)16(19)18(2)11-12-7-8-13(20-3)10-15(12)21-4/h5-10H,11H2,1-4H3. The average molecular weight is 288 g/mol. The first-order chi connectivity index (χ1) is 10.1. The van der Waals surface area contributed by atoms with E-state index >= 15 is 0 Å². The number of amides is 1. The lowest BCUT2D eigenvalue weighted by molar-refractivity contribution is 0.0775. The fourth-order valence-electron chi connectivity index (χ4n) is 2.19. The highest BCUT2D eigenvalue weighted by molar-refractivity contribution is 5.92. The molecule has 5 heteroatoms. The Kier molecular flexibility index (Phi) is 4.52. The zero-order chi connectivity index (χ0) is 15.4. The topological polar surface area (TPSA) is 43.7 Å². The molecule has 0 saturated carbocycles. The van der Waals surface area contributed by atoms with Crippen LogP contribution in [0, 0.1) is 0 Å². The number of aryl methyl sites for hydroxylation is 1. The summed E-state index contributed by atoms with van der Waals surface area (Å²) in [5.74, 6) is 1.41. The Morgan fingerprint density at radius 2 is 2.00 bits per heavy atom. The molecule has 0 radical (unpaired) electrons. The summed E-state index contributed by atoms with van der Waals surface area (Å²) in [5.41, 5.74) is 1.59. The number of benzene rings is 1. The van der Waals surface area contributed by atoms with Gasteiger partial charge in [-0.25, -0.2) is 0 Å². The third-order valence-electron chi connectivity index (χ3n) is 3.41. The number of hydrogen-bond donors (Lipinski definition) is 0. The van der Waals surface area contributed by atoms with Crippen LogP contribution in [0.15, 0.2) is 36.5 Å². The molecule has 0 spiro atoms. The lowest BCUT2D eigenvalue weighted by Gasteiger charge is -2.19. The highest BCUT2D eigenvalue weighted by Gasteiger charge is 2.16. The Hall–Kier alpha value is -2.43. The van der Waals surface area contributed by atoms with Gasteiger partial charge in [0.25, 0.3) is 5.91 Å². The predicted octanol–water partition coefficient (Wildman–Crippen LogP) is 2.31. The summed E-state index contributed by atoms with van der Waals surface area (Å²) < 4.78 is 12.3. The quantitative estimate of drug-likeness (QED) is 0.848. The van der Waals surface area contributed by atoms with Crippen LogP contribution in [0.25, 0.3) is 0 Å². The second-order valence-electron chi connectivity index (χ2n) is 4.84. The minimum atomic E-state index is -0.0274. The second-order valence-corrected chi connectivity index (χ2v) is 4.84. The van der Waals surface area contributed by atoms with E-state index < -0.39 is 0 Å². The van der Waals surface area contributed by atoms with Gasteiger partial charge in [0.15, 0.2) is 0 Å². The molecule has 0 aliphatic rings. The fraction of sp³-hybridized carbons (Fsp3) is 0.312. The molecule has 0 fully saturated rings. The zero-order valence-electron chi connectivity index (χ0n) is 12.8. The minimum absolute atomic E-state index is 0.0274. The number of rotatable bonds is 5. The Bertz CT molecular complexity index is 634. The molecule has 2 aromatic rings. The van der Waals surface area contributed by atoms with Crippen molar-refractivity contribution in [3.63, 3.8) is 0 Å². The molecule has 1 amide bonds. The number of carbonyl (C=O) groups excluding carboxylic acids is 1. The summed E-state index contributed by atoms with van der Waals surface area (Å²) in [6.07, 6.45) is 1.86. The minimum Gasteiger partial charge on any atom is -0.497 e. The fourth-order valence-corrected chi connectivity index (χ4v) is 2.19. The molecule has 0 N–H and O–H groups in total. The van der Waals surface area contributed by atoms with Gasteiger partial charge in [0, 0.05) is 38.5 Å². The number of hydrogen-bond acceptors (Lipinski definition) is 3. The molecule has 0 saturated heterocycles. The number of ether oxygens (including phenoxy) is 2. The zero-order valence-corrected chi connectivity index (χ0v) is 12.8. The van der Waals surface area contributed by atoms with Crippen LogP contribution in [0.1, 0.15) is 16.1 Å². The van der Waals surface area contributed by atoms with Crippen LogP contribution in [-0.4, -0.2) is 36.6 Å². The SMILES string of the molecule is COc1ccc(CN(C)C(=O)c2cccn2C)c(OC)c1. The third kappa shape index (κ3) is 3.18. The first-order valence-corrected chi connectivity index (χ1v) is 6.64. The van der Waals surface area contributed by atoms with Gasteiger partial charge in [-0.05, 0) is 24.3 Å². The maximum absolute atomic E-state index is 12.4. The maximum atomic E-state index is 12.4. The van der Waals surface area contributed by atoms with Crippen LogP contribution in [-0.2, 0) is 13.6 Å². The van der Waals surface area contributed by atoms with Crippen molar-refractivity contribution in [3.8, 4) is 11.5 Å². The molecule has 0 aliphatic carbocycles. The van der Waals surface area contributed by atoms with E-state index in [1.54, 1.807) is 26.2 Å². The van der Waals surface area contributed by atoms with Gasteiger partial charge in [0.05, 0.1) is 14.2 Å². The van der Waals surface area contributed by atoms with Crippen molar-refractivity contribution in [2.75, 3.05) is 21.3 Å². The molecule has 112 valence electrons. The smallest absolute Gasteiger partial charge is 0.270 e. The van der Waals surface area contributed by atoms with E-state index in [2.05, 4.69) is 0 Å². The van der Waals surface area contributed by atoms with Gasteiger partial charge in [-0.1, -0.05) is 0 Å². The molecule has 1 aromatic carbocycles. The van der Waals surface area contributed by atoms with Gasteiger partial charge in [0.1, 0.15) is 17.2 Å². The predicted molar refractivity (Wildman–Crippen MR) is 80.8 cm³/mol. The van der Waals surface area contributed by atoms with Crippen LogP contribution in [0.3, 0.4) is 0 Å². The summed E-state index contributed by atoms with van der Waals surface area (Å²) >= 11 is 0. The Morgan fingerprint density at radius 3 is 2.57 bits per heavy atom. The Morgan fingerprint density at radius 1 is 1.24 bits per heavy atom. The summed E-state index contributed by atoms with van der Waals surface area (Å²) in [5, 5.41) is 0. The number of carbonyl (C=O) groups is 1. The highest BCUT2D eigenvalue weighted by Crippen LogP contribution is 2.25. The molecule has 0 atom stereocenters. The molecular weight excluding hydrogens is 268 g/mol. The van der Waals surface area contributed by atoms with Crippen LogP contribution in [0.2, 0.25) is 0 Å². The summed E-state index contributed by atoms with van der Waals surface area (Å²) in [4.78, 5) is 14.1. The molecule has 1 aromatic heterocycles. The molecule has 0 bridgehead atoms. The van der Waals surface area contributed by atoms with Crippen LogP contribution in [0.5, 0.6) is 11.5 Å². The van der Waals surface area contributed by atoms with Crippen LogP contribution < -0.4 is 9.47 Å². The van der Waals surface area contributed by atoms with Gasteiger partial charge in [0.2, 0.25) is 0 Å². The van der Waals surface area contributed by atoms with Crippen molar-refractivity contribution in [2.24, 2.45) is 7.05 Å². The van der Waals surface area contributed by atoms with E-state index in [1.165, 1.54) is 0 Å². The lowest BCUT2D eigenvalue weighted by atomic mass is 10.1. The van der Waals surface area contributed by atoms with Gasteiger partial charge < -0.3 is 18.9 Å². The lowest BCUT2D eigenvalue weighted by Crippen LogP contribution is -2.28. The monoisotopic (exact) mass is 288 g/mol. The molecule has 5 nitrogen and oxygen atoms in total. The van der Waals surface area contributed by atoms with Gasteiger partial charge >= 0.3 is 0 Å². The van der Waals surface area contributed by atoms with Crippen molar-refractivity contribution < 1.29 is 14.3 Å². The highest BCUT2D eigenvalue weighted by atomic mass is 16.5. The van der Waals surface area contributed by atoms with Gasteiger partial charge in [-0.15, -0.1) is 0 Å². The van der Waals surface area contributed by atoms with E-state index in [9.17, 15) is 4.79 Å². The first-order valence-electron chi connectivity index (χ1n) is 6.64. The maximum Gasteiger partial charge on any atom is 0.270 e. The molecule has 1 heterocycles. The van der Waals surface area contributed by atoms with Crippen molar-refractivity contribution in [2.45, 2.75) is 6.54 Å². The van der Waals surface area contributed by atoms with E-state index in [1.807, 2.05) is 48.1 Å². The summed E-state index contributed by atoms with van der Waals surface area (Å²) in [6.45, 7) is 0.469. The number of methoxy groups -OCH3 is 2. The van der Waals surface area contributed by atoms with E-state index in [0.717, 1.165) is 11.3 Å².